The molecule has 4 heteroatoms. The van der Waals surface area contributed by atoms with Crippen molar-refractivity contribution in [3.05, 3.63) is 47.9 Å². The van der Waals surface area contributed by atoms with Crippen LogP contribution in [0.25, 0.3) is 11.0 Å². The van der Waals surface area contributed by atoms with Gasteiger partial charge in [-0.3, -0.25) is 0 Å². The Morgan fingerprint density at radius 2 is 1.95 bits per heavy atom. The van der Waals surface area contributed by atoms with Gasteiger partial charge >= 0.3 is 0 Å². The molecule has 0 spiro atoms. The molecular formula is C16H16N4. The van der Waals surface area contributed by atoms with E-state index < -0.39 is 0 Å². The van der Waals surface area contributed by atoms with Crippen LogP contribution in [0.4, 0.5) is 11.5 Å². The molecule has 0 saturated heterocycles. The number of aromatic amines is 1. The van der Waals surface area contributed by atoms with Crippen LogP contribution in [0.2, 0.25) is 0 Å². The van der Waals surface area contributed by atoms with E-state index in [0.29, 0.717) is 0 Å². The predicted octanol–water partition coefficient (Wildman–Crippen LogP) is 3.58. The fraction of sp³-hybridized carbons (Fsp3) is 0.250. The summed E-state index contributed by atoms with van der Waals surface area (Å²) in [5, 5.41) is 4.64. The summed E-state index contributed by atoms with van der Waals surface area (Å²) in [6, 6.07) is 7.91. The number of anilines is 2. The Morgan fingerprint density at radius 3 is 2.85 bits per heavy atom. The molecule has 1 aliphatic carbocycles. The minimum absolute atomic E-state index is 0.866. The van der Waals surface area contributed by atoms with Crippen molar-refractivity contribution in [1.82, 2.24) is 15.0 Å². The quantitative estimate of drug-likeness (QED) is 0.743. The lowest BCUT2D eigenvalue weighted by atomic mass is 9.95. The van der Waals surface area contributed by atoms with Crippen LogP contribution in [0.5, 0.6) is 0 Å². The van der Waals surface area contributed by atoms with Crippen LogP contribution < -0.4 is 5.32 Å². The molecule has 1 aliphatic rings. The molecule has 0 amide bonds. The van der Waals surface area contributed by atoms with E-state index >= 15 is 0 Å². The Labute approximate surface area is 117 Å². The number of pyridine rings is 2. The third-order valence-electron chi connectivity index (χ3n) is 3.92. The molecule has 100 valence electrons. The third-order valence-corrected chi connectivity index (χ3v) is 3.92. The van der Waals surface area contributed by atoms with Gasteiger partial charge in [-0.2, -0.15) is 0 Å². The Balaban J connectivity index is 1.85. The molecule has 4 rings (SSSR count). The van der Waals surface area contributed by atoms with Crippen molar-refractivity contribution in [1.29, 1.82) is 0 Å². The van der Waals surface area contributed by atoms with Crippen LogP contribution in [-0.4, -0.2) is 15.0 Å². The standard InChI is InChI=1S/C16H16N4/c1-2-6-12-11(5-1)15-13(8-10-18-16(15)20-12)19-14-7-3-4-9-17-14/h3-4,7-10H,1-2,5-6H2,(H2,17,18,19,20). The molecule has 3 heterocycles. The first-order valence-corrected chi connectivity index (χ1v) is 7.08. The smallest absolute Gasteiger partial charge is 0.139 e. The molecule has 0 bridgehead atoms. The average Bonchev–Trinajstić information content (AvgIpc) is 2.88. The summed E-state index contributed by atoms with van der Waals surface area (Å²) in [5.74, 6) is 0.866. The fourth-order valence-electron chi connectivity index (χ4n) is 3.00. The van der Waals surface area contributed by atoms with Gasteiger partial charge in [0, 0.05) is 23.5 Å². The Kier molecular flexibility index (Phi) is 2.66. The van der Waals surface area contributed by atoms with Crippen LogP contribution in [0.1, 0.15) is 24.1 Å². The summed E-state index contributed by atoms with van der Waals surface area (Å²) in [4.78, 5) is 12.3. The maximum Gasteiger partial charge on any atom is 0.139 e. The van der Waals surface area contributed by atoms with E-state index in [1.165, 1.54) is 29.5 Å². The topological polar surface area (TPSA) is 53.6 Å². The normalized spacial score (nSPS) is 14.2. The van der Waals surface area contributed by atoms with Crippen molar-refractivity contribution >= 4 is 22.5 Å². The van der Waals surface area contributed by atoms with Gasteiger partial charge in [0.05, 0.1) is 5.69 Å². The molecule has 0 fully saturated rings. The third kappa shape index (κ3) is 1.84. The zero-order valence-corrected chi connectivity index (χ0v) is 11.2. The van der Waals surface area contributed by atoms with Crippen LogP contribution in [0, 0.1) is 0 Å². The first kappa shape index (κ1) is 11.5. The van der Waals surface area contributed by atoms with Crippen LogP contribution in [0.3, 0.4) is 0 Å². The van der Waals surface area contributed by atoms with Gasteiger partial charge in [0.15, 0.2) is 0 Å². The average molecular weight is 264 g/mol. The van der Waals surface area contributed by atoms with E-state index in [9.17, 15) is 0 Å². The van der Waals surface area contributed by atoms with E-state index in [1.807, 2.05) is 30.5 Å². The minimum atomic E-state index is 0.866. The number of nitrogens with one attached hydrogen (secondary N) is 2. The highest BCUT2D eigenvalue weighted by Crippen LogP contribution is 2.33. The van der Waals surface area contributed by atoms with Crippen molar-refractivity contribution in [2.75, 3.05) is 5.32 Å². The lowest BCUT2D eigenvalue weighted by Gasteiger charge is -2.12. The number of rotatable bonds is 2. The molecule has 0 unspecified atom stereocenters. The molecule has 0 radical (unpaired) electrons. The summed E-state index contributed by atoms with van der Waals surface area (Å²) in [6.07, 6.45) is 8.44. The monoisotopic (exact) mass is 264 g/mol. The van der Waals surface area contributed by atoms with Gasteiger partial charge in [-0.1, -0.05) is 6.07 Å². The maximum absolute atomic E-state index is 4.47. The first-order valence-electron chi connectivity index (χ1n) is 7.08. The molecule has 0 saturated carbocycles. The van der Waals surface area contributed by atoms with E-state index in [0.717, 1.165) is 30.0 Å². The lowest BCUT2D eigenvalue weighted by molar-refractivity contribution is 0.680. The highest BCUT2D eigenvalue weighted by atomic mass is 15.0. The van der Waals surface area contributed by atoms with Gasteiger partial charge in [-0.15, -0.1) is 0 Å². The second-order valence-corrected chi connectivity index (χ2v) is 5.21. The summed E-state index contributed by atoms with van der Waals surface area (Å²) in [5.41, 5.74) is 4.86. The second-order valence-electron chi connectivity index (χ2n) is 5.21. The molecule has 0 atom stereocenters. The highest BCUT2D eigenvalue weighted by molar-refractivity contribution is 5.95. The molecule has 2 N–H and O–H groups in total. The fourth-order valence-corrected chi connectivity index (χ4v) is 3.00. The Hall–Kier alpha value is -2.36. The molecule has 0 aromatic carbocycles. The van der Waals surface area contributed by atoms with Crippen molar-refractivity contribution in [3.8, 4) is 0 Å². The lowest BCUT2D eigenvalue weighted by Crippen LogP contribution is -2.01. The molecule has 4 nitrogen and oxygen atoms in total. The SMILES string of the molecule is c1ccc(Nc2ccnc3[nH]c4c(c23)CCCC4)nc1. The van der Waals surface area contributed by atoms with E-state index in [1.54, 1.807) is 6.20 Å². The number of nitrogens with zero attached hydrogens (tertiary/aromatic N) is 2. The molecule has 3 aromatic heterocycles. The van der Waals surface area contributed by atoms with Gasteiger partial charge in [0.25, 0.3) is 0 Å². The number of hydrogen-bond acceptors (Lipinski definition) is 3. The number of H-pyrrole nitrogens is 1. The minimum Gasteiger partial charge on any atom is -0.343 e. The van der Waals surface area contributed by atoms with Crippen molar-refractivity contribution in [2.45, 2.75) is 25.7 Å². The molecule has 0 aliphatic heterocycles. The maximum atomic E-state index is 4.47. The van der Waals surface area contributed by atoms with E-state index in [2.05, 4.69) is 20.3 Å². The first-order chi connectivity index (χ1) is 9.92. The van der Waals surface area contributed by atoms with Crippen molar-refractivity contribution in [3.63, 3.8) is 0 Å². The van der Waals surface area contributed by atoms with Crippen molar-refractivity contribution < 1.29 is 0 Å². The summed E-state index contributed by atoms with van der Waals surface area (Å²) in [7, 11) is 0. The van der Waals surface area contributed by atoms with Gasteiger partial charge < -0.3 is 10.3 Å². The largest absolute Gasteiger partial charge is 0.343 e. The second kappa shape index (κ2) is 4.63. The molecule has 3 aromatic rings. The zero-order valence-electron chi connectivity index (χ0n) is 11.2. The predicted molar refractivity (Wildman–Crippen MR) is 80.3 cm³/mol. The number of hydrogen-bond donors (Lipinski definition) is 2. The van der Waals surface area contributed by atoms with Crippen molar-refractivity contribution in [2.24, 2.45) is 0 Å². The Morgan fingerprint density at radius 1 is 1.00 bits per heavy atom. The molecule has 20 heavy (non-hydrogen) atoms. The summed E-state index contributed by atoms with van der Waals surface area (Å²) >= 11 is 0. The number of aryl methyl sites for hydroxylation is 2. The number of aromatic nitrogens is 3. The van der Waals surface area contributed by atoms with Crippen LogP contribution >= 0.6 is 0 Å². The summed E-state index contributed by atoms with van der Waals surface area (Å²) < 4.78 is 0. The Bertz CT molecular complexity index is 746. The van der Waals surface area contributed by atoms with Gasteiger partial charge in [-0.05, 0) is 49.4 Å². The van der Waals surface area contributed by atoms with Crippen LogP contribution in [0.15, 0.2) is 36.7 Å². The zero-order chi connectivity index (χ0) is 13.4. The van der Waals surface area contributed by atoms with E-state index in [-0.39, 0.29) is 0 Å². The van der Waals surface area contributed by atoms with Gasteiger partial charge in [0.1, 0.15) is 11.5 Å². The number of fused-ring (bicyclic) bond motifs is 3. The summed E-state index contributed by atoms with van der Waals surface area (Å²) in [6.45, 7) is 0. The molecular weight excluding hydrogens is 248 g/mol. The van der Waals surface area contributed by atoms with Crippen LogP contribution in [-0.2, 0) is 12.8 Å². The highest BCUT2D eigenvalue weighted by Gasteiger charge is 2.18. The van der Waals surface area contributed by atoms with Gasteiger partial charge in [-0.25, -0.2) is 9.97 Å². The van der Waals surface area contributed by atoms with E-state index in [4.69, 9.17) is 0 Å². The van der Waals surface area contributed by atoms with Gasteiger partial charge in [0.2, 0.25) is 0 Å².